The molecule has 0 aliphatic carbocycles. The van der Waals surface area contributed by atoms with Crippen LogP contribution >= 0.6 is 0 Å². The molecule has 0 aliphatic heterocycles. The van der Waals surface area contributed by atoms with Crippen LogP contribution in [0.15, 0.2) is 18.3 Å². The molecule has 2 aromatic heterocycles. The summed E-state index contributed by atoms with van der Waals surface area (Å²) in [6.07, 6.45) is 2.03. The number of hydrogen-bond donors (Lipinski definition) is 0. The fraction of sp³-hybridized carbons (Fsp3) is 0.400. The molecule has 0 atom stereocenters. The van der Waals surface area contributed by atoms with Crippen LogP contribution < -0.4 is 0 Å². The minimum Gasteiger partial charge on any atom is -0.286 e. The Hall–Kier alpha value is -1.38. The standard InChI is InChI=1S/C10H13N3/c1-7(2)10-12-11-9-6-8(3)4-5-13(9)10/h4-7H,1-3H3. The van der Waals surface area contributed by atoms with E-state index in [2.05, 4.69) is 37.0 Å². The van der Waals surface area contributed by atoms with E-state index >= 15 is 0 Å². The van der Waals surface area contributed by atoms with Crippen molar-refractivity contribution in [3.05, 3.63) is 29.7 Å². The number of pyridine rings is 1. The predicted octanol–water partition coefficient (Wildman–Crippen LogP) is 2.16. The highest BCUT2D eigenvalue weighted by atomic mass is 15.2. The van der Waals surface area contributed by atoms with Crippen LogP contribution in [0.3, 0.4) is 0 Å². The molecule has 0 spiro atoms. The monoisotopic (exact) mass is 175 g/mol. The van der Waals surface area contributed by atoms with E-state index in [1.165, 1.54) is 5.56 Å². The second kappa shape index (κ2) is 2.83. The second-order valence-corrected chi connectivity index (χ2v) is 3.65. The number of hydrogen-bond acceptors (Lipinski definition) is 2. The third-order valence-electron chi connectivity index (χ3n) is 2.11. The summed E-state index contributed by atoms with van der Waals surface area (Å²) in [6, 6.07) is 4.11. The first-order valence-corrected chi connectivity index (χ1v) is 4.50. The van der Waals surface area contributed by atoms with E-state index in [0.717, 1.165) is 11.5 Å². The van der Waals surface area contributed by atoms with Gasteiger partial charge in [-0.15, -0.1) is 10.2 Å². The van der Waals surface area contributed by atoms with Gasteiger partial charge in [-0.25, -0.2) is 0 Å². The summed E-state index contributed by atoms with van der Waals surface area (Å²) in [5, 5.41) is 8.26. The van der Waals surface area contributed by atoms with Gasteiger partial charge in [0.15, 0.2) is 5.65 Å². The van der Waals surface area contributed by atoms with Gasteiger partial charge in [0.2, 0.25) is 0 Å². The summed E-state index contributed by atoms with van der Waals surface area (Å²) in [5.74, 6) is 1.44. The smallest absolute Gasteiger partial charge is 0.161 e. The van der Waals surface area contributed by atoms with Crippen molar-refractivity contribution >= 4 is 5.65 Å². The maximum absolute atomic E-state index is 4.15. The Morgan fingerprint density at radius 1 is 1.31 bits per heavy atom. The van der Waals surface area contributed by atoms with E-state index in [0.29, 0.717) is 5.92 Å². The van der Waals surface area contributed by atoms with Crippen LogP contribution in [0.25, 0.3) is 5.65 Å². The number of fused-ring (bicyclic) bond motifs is 1. The lowest BCUT2D eigenvalue weighted by molar-refractivity contribution is 0.759. The molecule has 2 heterocycles. The van der Waals surface area contributed by atoms with Crippen molar-refractivity contribution in [2.75, 3.05) is 0 Å². The first-order chi connectivity index (χ1) is 6.18. The summed E-state index contributed by atoms with van der Waals surface area (Å²) in [6.45, 7) is 6.30. The second-order valence-electron chi connectivity index (χ2n) is 3.65. The molecule has 0 N–H and O–H groups in total. The SMILES string of the molecule is Cc1ccn2c(C(C)C)nnc2c1. The van der Waals surface area contributed by atoms with Crippen LogP contribution in [0.4, 0.5) is 0 Å². The summed E-state index contributed by atoms with van der Waals surface area (Å²) >= 11 is 0. The number of aromatic nitrogens is 3. The van der Waals surface area contributed by atoms with E-state index in [1.807, 2.05) is 16.7 Å². The highest BCUT2D eigenvalue weighted by molar-refractivity contribution is 5.40. The molecule has 3 nitrogen and oxygen atoms in total. The normalized spacial score (nSPS) is 11.4. The van der Waals surface area contributed by atoms with Gasteiger partial charge in [0.25, 0.3) is 0 Å². The molecule has 0 radical (unpaired) electrons. The highest BCUT2D eigenvalue weighted by Crippen LogP contribution is 2.13. The van der Waals surface area contributed by atoms with Crippen LogP contribution in [0.1, 0.15) is 31.2 Å². The molecule has 0 bridgehead atoms. The van der Waals surface area contributed by atoms with Gasteiger partial charge in [0.05, 0.1) is 0 Å². The maximum Gasteiger partial charge on any atom is 0.161 e. The van der Waals surface area contributed by atoms with Crippen LogP contribution in [-0.2, 0) is 0 Å². The van der Waals surface area contributed by atoms with Crippen molar-refractivity contribution in [2.24, 2.45) is 0 Å². The van der Waals surface area contributed by atoms with E-state index in [1.54, 1.807) is 0 Å². The number of rotatable bonds is 1. The van der Waals surface area contributed by atoms with Crippen molar-refractivity contribution in [1.29, 1.82) is 0 Å². The molecule has 0 saturated heterocycles. The molecule has 2 aromatic rings. The van der Waals surface area contributed by atoms with Crippen molar-refractivity contribution < 1.29 is 0 Å². The van der Waals surface area contributed by atoms with Crippen molar-refractivity contribution in [3.63, 3.8) is 0 Å². The van der Waals surface area contributed by atoms with E-state index in [4.69, 9.17) is 0 Å². The zero-order valence-corrected chi connectivity index (χ0v) is 8.15. The van der Waals surface area contributed by atoms with E-state index in [9.17, 15) is 0 Å². The fourth-order valence-corrected chi connectivity index (χ4v) is 1.40. The largest absolute Gasteiger partial charge is 0.286 e. The first kappa shape index (κ1) is 8.23. The Kier molecular flexibility index (Phi) is 1.79. The zero-order valence-electron chi connectivity index (χ0n) is 8.15. The molecular formula is C10H13N3. The molecule has 3 heteroatoms. The minimum atomic E-state index is 0.415. The number of aryl methyl sites for hydroxylation is 1. The van der Waals surface area contributed by atoms with Crippen LogP contribution in [-0.4, -0.2) is 14.6 Å². The maximum atomic E-state index is 4.15. The molecule has 13 heavy (non-hydrogen) atoms. The molecule has 2 rings (SSSR count). The van der Waals surface area contributed by atoms with Crippen molar-refractivity contribution in [3.8, 4) is 0 Å². The van der Waals surface area contributed by atoms with E-state index in [-0.39, 0.29) is 0 Å². The Morgan fingerprint density at radius 2 is 2.08 bits per heavy atom. The van der Waals surface area contributed by atoms with Gasteiger partial charge in [-0.2, -0.15) is 0 Å². The Balaban J connectivity index is 2.69. The minimum absolute atomic E-state index is 0.415. The molecule has 0 aliphatic rings. The van der Waals surface area contributed by atoms with E-state index < -0.39 is 0 Å². The molecule has 68 valence electrons. The lowest BCUT2D eigenvalue weighted by Crippen LogP contribution is -1.96. The molecule has 0 unspecified atom stereocenters. The summed E-state index contributed by atoms with van der Waals surface area (Å²) in [4.78, 5) is 0. The number of nitrogens with zero attached hydrogens (tertiary/aromatic N) is 3. The van der Waals surface area contributed by atoms with Gasteiger partial charge < -0.3 is 0 Å². The average Bonchev–Trinajstić information content (AvgIpc) is 2.46. The van der Waals surface area contributed by atoms with Gasteiger partial charge in [-0.05, 0) is 24.6 Å². The molecular weight excluding hydrogens is 162 g/mol. The topological polar surface area (TPSA) is 30.2 Å². The average molecular weight is 175 g/mol. The third-order valence-corrected chi connectivity index (χ3v) is 2.11. The lowest BCUT2D eigenvalue weighted by Gasteiger charge is -2.01. The fourth-order valence-electron chi connectivity index (χ4n) is 1.40. The molecule has 0 aromatic carbocycles. The van der Waals surface area contributed by atoms with Gasteiger partial charge in [0, 0.05) is 12.1 Å². The first-order valence-electron chi connectivity index (χ1n) is 4.50. The zero-order chi connectivity index (χ0) is 9.42. The van der Waals surface area contributed by atoms with Gasteiger partial charge >= 0.3 is 0 Å². The molecule has 0 fully saturated rings. The predicted molar refractivity (Wildman–Crippen MR) is 51.8 cm³/mol. The Bertz CT molecular complexity index is 429. The van der Waals surface area contributed by atoms with Gasteiger partial charge in [-0.3, -0.25) is 4.40 Å². The lowest BCUT2D eigenvalue weighted by atomic mass is 10.2. The van der Waals surface area contributed by atoms with Crippen molar-refractivity contribution in [2.45, 2.75) is 26.7 Å². The Morgan fingerprint density at radius 3 is 2.77 bits per heavy atom. The van der Waals surface area contributed by atoms with Crippen LogP contribution in [0, 0.1) is 6.92 Å². The Labute approximate surface area is 77.4 Å². The highest BCUT2D eigenvalue weighted by Gasteiger charge is 2.07. The summed E-state index contributed by atoms with van der Waals surface area (Å²) in [7, 11) is 0. The quantitative estimate of drug-likeness (QED) is 0.664. The van der Waals surface area contributed by atoms with Crippen LogP contribution in [0.2, 0.25) is 0 Å². The summed E-state index contributed by atoms with van der Waals surface area (Å²) < 4.78 is 2.04. The molecule has 0 amide bonds. The molecule has 0 saturated carbocycles. The third kappa shape index (κ3) is 1.30. The van der Waals surface area contributed by atoms with Crippen LogP contribution in [0.5, 0.6) is 0 Å². The van der Waals surface area contributed by atoms with Gasteiger partial charge in [0.1, 0.15) is 5.82 Å². The van der Waals surface area contributed by atoms with Gasteiger partial charge in [-0.1, -0.05) is 13.8 Å². The summed E-state index contributed by atoms with van der Waals surface area (Å²) in [5.41, 5.74) is 2.15. The van der Waals surface area contributed by atoms with Crippen molar-refractivity contribution in [1.82, 2.24) is 14.6 Å².